The van der Waals surface area contributed by atoms with E-state index in [1.165, 1.54) is 12.1 Å². The molecule has 10 heteroatoms. The third kappa shape index (κ3) is 4.81. The first-order valence-corrected chi connectivity index (χ1v) is 11.6. The Kier molecular flexibility index (Phi) is 5.70. The molecule has 1 fully saturated rings. The lowest BCUT2D eigenvalue weighted by atomic mass is 10.1. The summed E-state index contributed by atoms with van der Waals surface area (Å²) in [6.07, 6.45) is 8.09. The van der Waals surface area contributed by atoms with Crippen molar-refractivity contribution in [1.82, 2.24) is 35.0 Å². The number of halogens is 3. The zero-order valence-electron chi connectivity index (χ0n) is 19.5. The number of hydrogen-bond acceptors (Lipinski definition) is 5. The molecule has 6 rings (SSSR count). The molecule has 0 saturated carbocycles. The first-order valence-electron chi connectivity index (χ1n) is 11.6. The van der Waals surface area contributed by atoms with Gasteiger partial charge in [-0.2, -0.15) is 5.10 Å². The van der Waals surface area contributed by atoms with Gasteiger partial charge in [-0.15, -0.1) is 0 Å². The molecule has 1 aromatic carbocycles. The van der Waals surface area contributed by atoms with Crippen molar-refractivity contribution in [2.24, 2.45) is 0 Å². The average Bonchev–Trinajstić information content (AvgIpc) is 3.60. The Morgan fingerprint density at radius 3 is 2.76 bits per heavy atom. The summed E-state index contributed by atoms with van der Waals surface area (Å²) < 4.78 is 40.8. The molecule has 0 atom stereocenters. The third-order valence-corrected chi connectivity index (χ3v) is 6.20. The van der Waals surface area contributed by atoms with Crippen LogP contribution in [0.25, 0.3) is 33.7 Å². The summed E-state index contributed by atoms with van der Waals surface area (Å²) in [5.41, 5.74) is 5.41. The zero-order valence-corrected chi connectivity index (χ0v) is 19.5. The number of alkyl halides is 2. The van der Waals surface area contributed by atoms with Crippen LogP contribution >= 0.6 is 0 Å². The van der Waals surface area contributed by atoms with E-state index in [4.69, 9.17) is 4.98 Å². The van der Waals surface area contributed by atoms with E-state index in [9.17, 15) is 13.2 Å². The number of benzene rings is 1. The highest BCUT2D eigenvalue weighted by Crippen LogP contribution is 2.30. The quantitative estimate of drug-likeness (QED) is 0.347. The fourth-order valence-electron chi connectivity index (χ4n) is 4.46. The second-order valence-electron chi connectivity index (χ2n) is 8.99. The number of hydrogen-bond donors (Lipinski definition) is 2. The van der Waals surface area contributed by atoms with Gasteiger partial charge in [0.15, 0.2) is 5.82 Å². The molecule has 0 amide bonds. The molecular weight excluding hydrogens is 479 g/mol. The highest BCUT2D eigenvalue weighted by Gasteiger charge is 2.37. The van der Waals surface area contributed by atoms with Crippen LogP contribution in [0.5, 0.6) is 0 Å². The molecule has 0 unspecified atom stereocenters. The smallest absolute Gasteiger partial charge is 0.261 e. The number of pyridine rings is 2. The standard InChI is InChI=1S/C27H20F3N7/c28-21-3-1-2-19(9-21)22-13-32-14-23-25(22)35-26(34-23)24-20(12-33-36-24)5-4-17-8-18(11-31-10-17)15-37-7-6-27(29,30)16-37/h1-3,8-14H,6-7,15-16H2,(H,33,36)(H,34,35). The molecule has 4 aromatic heterocycles. The topological polar surface area (TPSA) is 86.4 Å². The van der Waals surface area contributed by atoms with Crippen molar-refractivity contribution in [3.05, 3.63) is 83.8 Å². The van der Waals surface area contributed by atoms with Gasteiger partial charge in [-0.05, 0) is 29.3 Å². The van der Waals surface area contributed by atoms with E-state index in [1.807, 2.05) is 6.07 Å². The summed E-state index contributed by atoms with van der Waals surface area (Å²) in [6.45, 7) is 0.514. The number of aromatic amines is 2. The summed E-state index contributed by atoms with van der Waals surface area (Å²) >= 11 is 0. The van der Waals surface area contributed by atoms with Gasteiger partial charge in [0.05, 0.1) is 35.5 Å². The summed E-state index contributed by atoms with van der Waals surface area (Å²) in [7, 11) is 0. The number of nitrogens with one attached hydrogen (secondary N) is 2. The summed E-state index contributed by atoms with van der Waals surface area (Å²) in [4.78, 5) is 18.2. The van der Waals surface area contributed by atoms with Gasteiger partial charge in [0.1, 0.15) is 11.5 Å². The molecule has 7 nitrogen and oxygen atoms in total. The largest absolute Gasteiger partial charge is 0.335 e. The highest BCUT2D eigenvalue weighted by molar-refractivity contribution is 5.92. The summed E-state index contributed by atoms with van der Waals surface area (Å²) in [6, 6.07) is 8.13. The van der Waals surface area contributed by atoms with E-state index in [-0.39, 0.29) is 18.8 Å². The van der Waals surface area contributed by atoms with Gasteiger partial charge in [0.2, 0.25) is 0 Å². The van der Waals surface area contributed by atoms with Crippen molar-refractivity contribution in [3.8, 4) is 34.5 Å². The van der Waals surface area contributed by atoms with E-state index in [0.29, 0.717) is 57.9 Å². The number of nitrogens with zero attached hydrogens (tertiary/aromatic N) is 5. The molecule has 0 radical (unpaired) electrons. The molecule has 0 spiro atoms. The fourth-order valence-corrected chi connectivity index (χ4v) is 4.46. The molecule has 37 heavy (non-hydrogen) atoms. The maximum Gasteiger partial charge on any atom is 0.261 e. The normalized spacial score (nSPS) is 15.1. The number of rotatable bonds is 4. The van der Waals surface area contributed by atoms with Gasteiger partial charge >= 0.3 is 0 Å². The van der Waals surface area contributed by atoms with Gasteiger partial charge in [0, 0.05) is 49.2 Å². The Morgan fingerprint density at radius 1 is 1.03 bits per heavy atom. The zero-order chi connectivity index (χ0) is 25.4. The van der Waals surface area contributed by atoms with Crippen LogP contribution in [0.15, 0.2) is 61.3 Å². The molecule has 0 aliphatic carbocycles. The van der Waals surface area contributed by atoms with Crippen LogP contribution in [-0.2, 0) is 6.54 Å². The molecule has 1 aliphatic rings. The lowest BCUT2D eigenvalue weighted by molar-refractivity contribution is 0.0115. The predicted octanol–water partition coefficient (Wildman–Crippen LogP) is 4.79. The van der Waals surface area contributed by atoms with Gasteiger partial charge in [0.25, 0.3) is 5.92 Å². The van der Waals surface area contributed by atoms with Crippen molar-refractivity contribution >= 4 is 11.0 Å². The van der Waals surface area contributed by atoms with Gasteiger partial charge in [-0.3, -0.25) is 20.0 Å². The van der Waals surface area contributed by atoms with Crippen LogP contribution in [0.1, 0.15) is 23.1 Å². The van der Waals surface area contributed by atoms with E-state index in [0.717, 1.165) is 5.56 Å². The highest BCUT2D eigenvalue weighted by atomic mass is 19.3. The maximum absolute atomic E-state index is 13.8. The van der Waals surface area contributed by atoms with Gasteiger partial charge in [-0.1, -0.05) is 24.0 Å². The predicted molar refractivity (Wildman–Crippen MR) is 132 cm³/mol. The third-order valence-electron chi connectivity index (χ3n) is 6.20. The Morgan fingerprint density at radius 2 is 1.92 bits per heavy atom. The summed E-state index contributed by atoms with van der Waals surface area (Å²) in [5.74, 6) is 3.73. The molecule has 1 aliphatic heterocycles. The van der Waals surface area contributed by atoms with E-state index in [2.05, 4.69) is 37.0 Å². The Balaban J connectivity index is 1.28. The van der Waals surface area contributed by atoms with Crippen LogP contribution in [-0.4, -0.2) is 54.0 Å². The van der Waals surface area contributed by atoms with Crippen molar-refractivity contribution in [2.45, 2.75) is 18.9 Å². The van der Waals surface area contributed by atoms with Crippen molar-refractivity contribution in [1.29, 1.82) is 0 Å². The molecule has 1 saturated heterocycles. The molecule has 184 valence electrons. The van der Waals surface area contributed by atoms with Crippen LogP contribution < -0.4 is 0 Å². The lowest BCUT2D eigenvalue weighted by Crippen LogP contribution is -2.24. The Labute approximate surface area is 209 Å². The Hall–Kier alpha value is -4.49. The second-order valence-corrected chi connectivity index (χ2v) is 8.99. The Bertz CT molecular complexity index is 1660. The van der Waals surface area contributed by atoms with E-state index in [1.54, 1.807) is 48.0 Å². The number of imidazole rings is 1. The second kappa shape index (κ2) is 9.19. The van der Waals surface area contributed by atoms with Crippen molar-refractivity contribution < 1.29 is 13.2 Å². The molecular formula is C27H20F3N7. The van der Waals surface area contributed by atoms with Gasteiger partial charge in [-0.25, -0.2) is 18.2 Å². The van der Waals surface area contributed by atoms with Crippen LogP contribution in [0, 0.1) is 17.7 Å². The minimum Gasteiger partial charge on any atom is -0.335 e. The SMILES string of the molecule is Fc1cccc(-c2cncc3[nH]c(-c4[nH]ncc4C#Cc4cncc(CN5CCC(F)(F)C5)c4)nc23)c1. The van der Waals surface area contributed by atoms with Crippen LogP contribution in [0.4, 0.5) is 13.2 Å². The van der Waals surface area contributed by atoms with Crippen molar-refractivity contribution in [3.63, 3.8) is 0 Å². The lowest BCUT2D eigenvalue weighted by Gasteiger charge is -2.15. The van der Waals surface area contributed by atoms with Crippen LogP contribution in [0.3, 0.4) is 0 Å². The number of fused-ring (bicyclic) bond motifs is 1. The molecule has 5 aromatic rings. The number of likely N-dealkylation sites (tertiary alicyclic amines) is 1. The average molecular weight is 500 g/mol. The fraction of sp³-hybridized carbons (Fsp3) is 0.185. The maximum atomic E-state index is 13.8. The minimum absolute atomic E-state index is 0.120. The molecule has 5 heterocycles. The summed E-state index contributed by atoms with van der Waals surface area (Å²) in [5, 5.41) is 7.06. The number of H-pyrrole nitrogens is 2. The first-order chi connectivity index (χ1) is 17.9. The molecule has 0 bridgehead atoms. The monoisotopic (exact) mass is 499 g/mol. The van der Waals surface area contributed by atoms with Crippen molar-refractivity contribution in [2.75, 3.05) is 13.1 Å². The molecule has 2 N–H and O–H groups in total. The van der Waals surface area contributed by atoms with Gasteiger partial charge < -0.3 is 4.98 Å². The van der Waals surface area contributed by atoms with E-state index < -0.39 is 5.92 Å². The first kappa shape index (κ1) is 22.9. The minimum atomic E-state index is -2.63. The van der Waals surface area contributed by atoms with Crippen LogP contribution in [0.2, 0.25) is 0 Å². The number of aromatic nitrogens is 6. The van der Waals surface area contributed by atoms with E-state index >= 15 is 0 Å².